The third-order valence-corrected chi connectivity index (χ3v) is 3.96. The molecule has 3 fully saturated rings. The summed E-state index contributed by atoms with van der Waals surface area (Å²) in [6.07, 6.45) is 5.89. The average Bonchev–Trinajstić information content (AvgIpc) is 2.84. The van der Waals surface area contributed by atoms with Crippen LogP contribution in [0.4, 0.5) is 0 Å². The van der Waals surface area contributed by atoms with Gasteiger partial charge in [-0.1, -0.05) is 0 Å². The van der Waals surface area contributed by atoms with E-state index >= 15 is 0 Å². The SMILES string of the molecule is CN1CC2(CCCN(C3CC3)C2)C1. The van der Waals surface area contributed by atoms with Gasteiger partial charge >= 0.3 is 0 Å². The van der Waals surface area contributed by atoms with E-state index in [1.54, 1.807) is 0 Å². The molecule has 2 nitrogen and oxygen atoms in total. The molecule has 2 heterocycles. The van der Waals surface area contributed by atoms with Gasteiger partial charge in [-0.2, -0.15) is 0 Å². The molecule has 0 bridgehead atoms. The van der Waals surface area contributed by atoms with E-state index < -0.39 is 0 Å². The van der Waals surface area contributed by atoms with E-state index in [2.05, 4.69) is 16.8 Å². The lowest BCUT2D eigenvalue weighted by atomic mass is 9.73. The maximum Gasteiger partial charge on any atom is 0.00966 e. The monoisotopic (exact) mass is 180 g/mol. The molecule has 3 rings (SSSR count). The highest BCUT2D eigenvalue weighted by Crippen LogP contribution is 2.41. The van der Waals surface area contributed by atoms with Crippen LogP contribution >= 0.6 is 0 Å². The van der Waals surface area contributed by atoms with E-state index in [1.807, 2.05) is 0 Å². The summed E-state index contributed by atoms with van der Waals surface area (Å²) in [5, 5.41) is 0. The quantitative estimate of drug-likeness (QED) is 0.598. The molecule has 3 aliphatic rings. The Morgan fingerprint density at radius 3 is 2.54 bits per heavy atom. The summed E-state index contributed by atoms with van der Waals surface area (Å²) in [5.74, 6) is 0. The maximum atomic E-state index is 2.76. The van der Waals surface area contributed by atoms with Crippen LogP contribution in [0.25, 0.3) is 0 Å². The zero-order valence-corrected chi connectivity index (χ0v) is 8.63. The van der Waals surface area contributed by atoms with Crippen molar-refractivity contribution in [3.05, 3.63) is 0 Å². The highest BCUT2D eigenvalue weighted by molar-refractivity contribution is 5.00. The van der Waals surface area contributed by atoms with Gasteiger partial charge in [-0.15, -0.1) is 0 Å². The van der Waals surface area contributed by atoms with Gasteiger partial charge in [0.1, 0.15) is 0 Å². The second kappa shape index (κ2) is 2.71. The molecule has 0 aromatic rings. The van der Waals surface area contributed by atoms with Gasteiger partial charge in [0, 0.05) is 31.1 Å². The molecule has 2 aliphatic heterocycles. The van der Waals surface area contributed by atoms with Crippen molar-refractivity contribution >= 4 is 0 Å². The van der Waals surface area contributed by atoms with Crippen LogP contribution in [0.3, 0.4) is 0 Å². The van der Waals surface area contributed by atoms with Crippen LogP contribution in [0.1, 0.15) is 25.7 Å². The van der Waals surface area contributed by atoms with Gasteiger partial charge in [-0.05, 0) is 39.3 Å². The Morgan fingerprint density at radius 2 is 1.92 bits per heavy atom. The number of piperidine rings is 1. The lowest BCUT2D eigenvalue weighted by Gasteiger charge is -2.53. The van der Waals surface area contributed by atoms with Crippen molar-refractivity contribution in [1.29, 1.82) is 0 Å². The molecule has 0 atom stereocenters. The van der Waals surface area contributed by atoms with E-state index in [1.165, 1.54) is 51.9 Å². The Kier molecular flexibility index (Phi) is 1.72. The number of rotatable bonds is 1. The Bertz CT molecular complexity index is 199. The van der Waals surface area contributed by atoms with E-state index in [0.29, 0.717) is 0 Å². The smallest absolute Gasteiger partial charge is 0.00966 e. The summed E-state index contributed by atoms with van der Waals surface area (Å²) in [5.41, 5.74) is 0.718. The van der Waals surface area contributed by atoms with Gasteiger partial charge in [0.05, 0.1) is 0 Å². The van der Waals surface area contributed by atoms with Gasteiger partial charge < -0.3 is 4.90 Å². The number of hydrogen-bond donors (Lipinski definition) is 0. The Balaban J connectivity index is 1.63. The normalized spacial score (nSPS) is 34.8. The first-order valence-electron chi connectivity index (χ1n) is 5.70. The fraction of sp³-hybridized carbons (Fsp3) is 1.00. The van der Waals surface area contributed by atoms with Crippen molar-refractivity contribution in [2.24, 2.45) is 5.41 Å². The van der Waals surface area contributed by atoms with Gasteiger partial charge in [-0.3, -0.25) is 4.90 Å². The minimum atomic E-state index is 0.718. The summed E-state index contributed by atoms with van der Waals surface area (Å²) in [6, 6.07) is 0.989. The zero-order valence-electron chi connectivity index (χ0n) is 8.63. The van der Waals surface area contributed by atoms with Crippen molar-refractivity contribution in [3.63, 3.8) is 0 Å². The van der Waals surface area contributed by atoms with Gasteiger partial charge in [0.15, 0.2) is 0 Å². The largest absolute Gasteiger partial charge is 0.305 e. The molecule has 1 aliphatic carbocycles. The minimum Gasteiger partial charge on any atom is -0.305 e. The molecule has 1 saturated carbocycles. The number of hydrogen-bond acceptors (Lipinski definition) is 2. The Morgan fingerprint density at radius 1 is 1.15 bits per heavy atom. The van der Waals surface area contributed by atoms with Crippen LogP contribution in [0.5, 0.6) is 0 Å². The number of nitrogens with zero attached hydrogens (tertiary/aromatic N) is 2. The molecule has 0 N–H and O–H groups in total. The summed E-state index contributed by atoms with van der Waals surface area (Å²) in [6.45, 7) is 5.50. The highest BCUT2D eigenvalue weighted by atomic mass is 15.3. The molecule has 74 valence electrons. The molecule has 0 aromatic heterocycles. The third kappa shape index (κ3) is 1.40. The second-order valence-electron chi connectivity index (χ2n) is 5.48. The van der Waals surface area contributed by atoms with Crippen molar-refractivity contribution in [3.8, 4) is 0 Å². The maximum absolute atomic E-state index is 2.76. The molecule has 13 heavy (non-hydrogen) atoms. The predicted molar refractivity (Wildman–Crippen MR) is 53.8 cm³/mol. The third-order valence-electron chi connectivity index (χ3n) is 3.96. The van der Waals surface area contributed by atoms with Gasteiger partial charge in [0.25, 0.3) is 0 Å². The van der Waals surface area contributed by atoms with Crippen molar-refractivity contribution < 1.29 is 0 Å². The minimum absolute atomic E-state index is 0.718. The van der Waals surface area contributed by atoms with Crippen molar-refractivity contribution in [2.75, 3.05) is 33.2 Å². The topological polar surface area (TPSA) is 6.48 Å². The zero-order chi connectivity index (χ0) is 8.89. The van der Waals surface area contributed by atoms with Crippen molar-refractivity contribution in [1.82, 2.24) is 9.80 Å². The summed E-state index contributed by atoms with van der Waals surface area (Å²) < 4.78 is 0. The molecule has 2 heteroatoms. The Hall–Kier alpha value is -0.0800. The molecule has 0 radical (unpaired) electrons. The van der Waals surface area contributed by atoms with E-state index in [-0.39, 0.29) is 0 Å². The van der Waals surface area contributed by atoms with E-state index in [9.17, 15) is 0 Å². The summed E-state index contributed by atoms with van der Waals surface area (Å²) in [7, 11) is 2.25. The first kappa shape index (κ1) is 8.25. The predicted octanol–water partition coefficient (Wildman–Crippen LogP) is 1.18. The lowest BCUT2D eigenvalue weighted by molar-refractivity contribution is -0.0424. The summed E-state index contributed by atoms with van der Waals surface area (Å²) in [4.78, 5) is 5.23. The highest BCUT2D eigenvalue weighted by Gasteiger charge is 2.46. The van der Waals surface area contributed by atoms with Crippen LogP contribution in [0, 0.1) is 5.41 Å². The molecule has 0 amide bonds. The fourth-order valence-corrected chi connectivity index (χ4v) is 3.35. The van der Waals surface area contributed by atoms with Crippen LogP contribution in [-0.4, -0.2) is 49.1 Å². The van der Waals surface area contributed by atoms with Crippen LogP contribution in [-0.2, 0) is 0 Å². The van der Waals surface area contributed by atoms with Gasteiger partial charge in [-0.25, -0.2) is 0 Å². The molecule has 1 spiro atoms. The molecule has 2 saturated heterocycles. The van der Waals surface area contributed by atoms with Crippen molar-refractivity contribution in [2.45, 2.75) is 31.7 Å². The van der Waals surface area contributed by atoms with E-state index in [4.69, 9.17) is 0 Å². The molecular formula is C11H20N2. The van der Waals surface area contributed by atoms with E-state index in [0.717, 1.165) is 11.5 Å². The average molecular weight is 180 g/mol. The molecule has 0 aromatic carbocycles. The van der Waals surface area contributed by atoms with Crippen LogP contribution < -0.4 is 0 Å². The lowest BCUT2D eigenvalue weighted by Crippen LogP contribution is -2.61. The van der Waals surface area contributed by atoms with Crippen LogP contribution in [0.15, 0.2) is 0 Å². The van der Waals surface area contributed by atoms with Crippen LogP contribution in [0.2, 0.25) is 0 Å². The number of likely N-dealkylation sites (tertiary alicyclic amines) is 2. The molecular weight excluding hydrogens is 160 g/mol. The standard InChI is InChI=1S/C11H20N2/c1-12-7-11(8-12)5-2-6-13(9-11)10-3-4-10/h10H,2-9H2,1H3. The molecule has 0 unspecified atom stereocenters. The summed E-state index contributed by atoms with van der Waals surface area (Å²) >= 11 is 0. The first-order valence-corrected chi connectivity index (χ1v) is 5.70. The Labute approximate surface area is 80.9 Å². The second-order valence-corrected chi connectivity index (χ2v) is 5.48. The first-order chi connectivity index (χ1) is 6.27. The fourth-order valence-electron chi connectivity index (χ4n) is 3.35. The van der Waals surface area contributed by atoms with Gasteiger partial charge in [0.2, 0.25) is 0 Å².